The van der Waals surface area contributed by atoms with Crippen molar-refractivity contribution in [2.45, 2.75) is 19.4 Å². The van der Waals surface area contributed by atoms with Gasteiger partial charge in [-0.3, -0.25) is 14.4 Å². The number of aliphatic hydroxyl groups excluding tert-OH is 1. The summed E-state index contributed by atoms with van der Waals surface area (Å²) in [6.07, 6.45) is 0.453. The van der Waals surface area contributed by atoms with Crippen LogP contribution in [0.5, 0.6) is 17.2 Å². The van der Waals surface area contributed by atoms with Crippen LogP contribution in [0.25, 0.3) is 5.76 Å². The fourth-order valence-corrected chi connectivity index (χ4v) is 4.70. The van der Waals surface area contributed by atoms with Gasteiger partial charge in [-0.25, -0.2) is 0 Å². The Morgan fingerprint density at radius 3 is 2.25 bits per heavy atom. The third-order valence-electron chi connectivity index (χ3n) is 5.54. The summed E-state index contributed by atoms with van der Waals surface area (Å²) in [7, 11) is 4.24. The Bertz CT molecular complexity index is 1210. The first-order valence-electron chi connectivity index (χ1n) is 10.8. The van der Waals surface area contributed by atoms with E-state index in [0.29, 0.717) is 18.6 Å². The lowest BCUT2D eigenvalue weighted by molar-refractivity contribution is -0.140. The molecular weight excluding hydrogens is 513 g/mol. The highest BCUT2D eigenvalue weighted by Crippen LogP contribution is 2.47. The average molecular weight is 538 g/mol. The first kappa shape index (κ1) is 27.3. The average Bonchev–Trinajstić information content (AvgIpc) is 3.09. The van der Waals surface area contributed by atoms with Crippen molar-refractivity contribution >= 4 is 46.6 Å². The molecule has 36 heavy (non-hydrogen) atoms. The minimum absolute atomic E-state index is 0.00865. The van der Waals surface area contributed by atoms with Gasteiger partial charge >= 0.3 is 5.97 Å². The van der Waals surface area contributed by atoms with Gasteiger partial charge in [-0.15, -0.1) is 0 Å². The molecule has 1 aliphatic rings. The molecule has 0 aliphatic carbocycles. The van der Waals surface area contributed by atoms with Crippen molar-refractivity contribution in [2.75, 3.05) is 34.5 Å². The van der Waals surface area contributed by atoms with E-state index in [1.807, 2.05) is 0 Å². The maximum absolute atomic E-state index is 13.2. The van der Waals surface area contributed by atoms with E-state index in [2.05, 4.69) is 0 Å². The van der Waals surface area contributed by atoms with Gasteiger partial charge in [-0.1, -0.05) is 35.3 Å². The van der Waals surface area contributed by atoms with Gasteiger partial charge in [0.05, 0.1) is 36.4 Å². The minimum Gasteiger partial charge on any atom is -0.507 e. The van der Waals surface area contributed by atoms with E-state index in [0.717, 1.165) is 0 Å². The van der Waals surface area contributed by atoms with E-state index in [1.54, 1.807) is 12.1 Å². The Morgan fingerprint density at radius 1 is 1.06 bits per heavy atom. The second-order valence-electron chi connectivity index (χ2n) is 7.79. The molecule has 0 aromatic heterocycles. The number of ketones is 1. The summed E-state index contributed by atoms with van der Waals surface area (Å²) in [5.74, 6) is -2.24. The minimum atomic E-state index is -0.947. The fourth-order valence-electron chi connectivity index (χ4n) is 4.01. The van der Waals surface area contributed by atoms with Gasteiger partial charge in [0, 0.05) is 27.2 Å². The van der Waals surface area contributed by atoms with Crippen LogP contribution in [0.15, 0.2) is 35.9 Å². The smallest absolute Gasteiger partial charge is 0.308 e. The van der Waals surface area contributed by atoms with Gasteiger partial charge in [-0.05, 0) is 30.2 Å². The number of likely N-dealkylation sites (tertiary alicyclic amines) is 1. The SMILES string of the molecule is COCCCN1C(=O)C(=O)/C(=C(/O)c2cc(Cl)c(OC)c(Cl)c2OC)C1c1ccc(OC(C)=O)cc1. The van der Waals surface area contributed by atoms with Crippen molar-refractivity contribution < 1.29 is 38.4 Å². The molecule has 3 rings (SSSR count). The number of rotatable bonds is 9. The number of carbonyl (C=O) groups is 3. The van der Waals surface area contributed by atoms with Crippen LogP contribution in [-0.2, 0) is 19.1 Å². The van der Waals surface area contributed by atoms with Crippen molar-refractivity contribution in [1.29, 1.82) is 0 Å². The Kier molecular flexibility index (Phi) is 8.84. The lowest BCUT2D eigenvalue weighted by Gasteiger charge is -2.25. The zero-order valence-corrected chi connectivity index (χ0v) is 21.6. The van der Waals surface area contributed by atoms with Crippen LogP contribution in [0, 0.1) is 0 Å². The van der Waals surface area contributed by atoms with Crippen LogP contribution in [0.2, 0.25) is 10.0 Å². The molecule has 2 aromatic carbocycles. The fraction of sp³-hybridized carbons (Fsp3) is 0.320. The summed E-state index contributed by atoms with van der Waals surface area (Å²) >= 11 is 12.7. The molecule has 0 spiro atoms. The molecule has 1 saturated heterocycles. The van der Waals surface area contributed by atoms with Crippen LogP contribution in [-0.4, -0.2) is 62.1 Å². The first-order chi connectivity index (χ1) is 17.2. The number of hydrogen-bond acceptors (Lipinski definition) is 8. The molecule has 192 valence electrons. The summed E-state index contributed by atoms with van der Waals surface area (Å²) in [5, 5.41) is 11.4. The number of benzene rings is 2. The Balaban J connectivity index is 2.21. The van der Waals surface area contributed by atoms with E-state index in [1.165, 1.54) is 51.4 Å². The number of esters is 1. The highest BCUT2D eigenvalue weighted by molar-refractivity contribution is 6.47. The predicted octanol–water partition coefficient (Wildman–Crippen LogP) is 4.39. The molecule has 0 bridgehead atoms. The standard InChI is InChI=1S/C25H25Cl2NO8/c1-13(29)36-15-8-6-14(7-9-15)20-18(22(31)25(32)28(20)10-5-11-33-2)21(30)16-12-17(26)24(35-4)19(27)23(16)34-3/h6-9,12,20,30H,5,10-11H2,1-4H3/b21-18+. The van der Waals surface area contributed by atoms with E-state index < -0.39 is 29.5 Å². The molecule has 1 amide bonds. The Hall–Kier alpha value is -3.27. The molecule has 9 nitrogen and oxygen atoms in total. The Labute approximate surface area is 218 Å². The van der Waals surface area contributed by atoms with Gasteiger partial charge in [0.25, 0.3) is 11.7 Å². The molecular formula is C25H25Cl2NO8. The molecule has 0 radical (unpaired) electrons. The second kappa shape index (κ2) is 11.6. The van der Waals surface area contributed by atoms with Crippen LogP contribution in [0.3, 0.4) is 0 Å². The molecule has 1 N–H and O–H groups in total. The number of nitrogens with zero attached hydrogens (tertiary/aromatic N) is 1. The number of halogens is 2. The lowest BCUT2D eigenvalue weighted by Crippen LogP contribution is -2.31. The zero-order chi connectivity index (χ0) is 26.6. The molecule has 1 heterocycles. The van der Waals surface area contributed by atoms with E-state index in [4.69, 9.17) is 42.1 Å². The quantitative estimate of drug-likeness (QED) is 0.125. The molecule has 0 saturated carbocycles. The highest BCUT2D eigenvalue weighted by Gasteiger charge is 2.46. The van der Waals surface area contributed by atoms with E-state index in [9.17, 15) is 19.5 Å². The van der Waals surface area contributed by atoms with Gasteiger partial charge in [0.2, 0.25) is 0 Å². The third-order valence-corrected chi connectivity index (χ3v) is 6.16. The van der Waals surface area contributed by atoms with Crippen LogP contribution >= 0.6 is 23.2 Å². The molecule has 1 unspecified atom stereocenters. The predicted molar refractivity (Wildman–Crippen MR) is 133 cm³/mol. The van der Waals surface area contributed by atoms with E-state index >= 15 is 0 Å². The number of aliphatic hydroxyl groups is 1. The van der Waals surface area contributed by atoms with Crippen LogP contribution < -0.4 is 14.2 Å². The number of carbonyl (C=O) groups excluding carboxylic acids is 3. The third kappa shape index (κ3) is 5.28. The van der Waals surface area contributed by atoms with Crippen molar-refractivity contribution in [1.82, 2.24) is 4.90 Å². The monoisotopic (exact) mass is 537 g/mol. The number of ether oxygens (including phenoxy) is 4. The summed E-state index contributed by atoms with van der Waals surface area (Å²) < 4.78 is 20.7. The van der Waals surface area contributed by atoms with Gasteiger partial charge in [0.1, 0.15) is 16.5 Å². The van der Waals surface area contributed by atoms with Crippen LogP contribution in [0.1, 0.15) is 30.5 Å². The number of methoxy groups -OCH3 is 3. The maximum Gasteiger partial charge on any atom is 0.308 e. The highest BCUT2D eigenvalue weighted by atomic mass is 35.5. The lowest BCUT2D eigenvalue weighted by atomic mass is 9.94. The molecule has 1 aliphatic heterocycles. The molecule has 2 aromatic rings. The second-order valence-corrected chi connectivity index (χ2v) is 8.57. The van der Waals surface area contributed by atoms with Gasteiger partial charge in [-0.2, -0.15) is 0 Å². The van der Waals surface area contributed by atoms with Gasteiger partial charge in [0.15, 0.2) is 11.5 Å². The molecule has 1 atom stereocenters. The number of Topliss-reactive ketones (excluding diaryl/α,β-unsaturated/α-hetero) is 1. The summed E-state index contributed by atoms with van der Waals surface area (Å²) in [6, 6.07) is 6.69. The van der Waals surface area contributed by atoms with Crippen LogP contribution in [0.4, 0.5) is 0 Å². The van der Waals surface area contributed by atoms with Crippen molar-refractivity contribution in [2.24, 2.45) is 0 Å². The zero-order valence-electron chi connectivity index (χ0n) is 20.1. The van der Waals surface area contributed by atoms with Gasteiger partial charge < -0.3 is 29.0 Å². The van der Waals surface area contributed by atoms with Crippen molar-refractivity contribution in [3.8, 4) is 17.2 Å². The molecule has 11 heteroatoms. The Morgan fingerprint density at radius 2 is 1.69 bits per heavy atom. The largest absolute Gasteiger partial charge is 0.507 e. The number of amides is 1. The van der Waals surface area contributed by atoms with Crippen molar-refractivity contribution in [3.63, 3.8) is 0 Å². The number of hydrogen-bond donors (Lipinski definition) is 1. The summed E-state index contributed by atoms with van der Waals surface area (Å²) in [4.78, 5) is 38.9. The summed E-state index contributed by atoms with van der Waals surface area (Å²) in [5.41, 5.74) is 0.353. The topological polar surface area (TPSA) is 112 Å². The van der Waals surface area contributed by atoms with E-state index in [-0.39, 0.29) is 45.0 Å². The maximum atomic E-state index is 13.2. The first-order valence-corrected chi connectivity index (χ1v) is 11.6. The van der Waals surface area contributed by atoms with Crippen molar-refractivity contribution in [3.05, 3.63) is 57.1 Å². The molecule has 1 fully saturated rings. The summed E-state index contributed by atoms with van der Waals surface area (Å²) in [6.45, 7) is 1.82. The normalized spacial score (nSPS) is 16.8.